The van der Waals surface area contributed by atoms with Crippen LogP contribution in [-0.4, -0.2) is 60.3 Å². The van der Waals surface area contributed by atoms with E-state index in [4.69, 9.17) is 9.47 Å². The van der Waals surface area contributed by atoms with Crippen LogP contribution in [0, 0.1) is 34.5 Å². The standard InChI is InChI=1S/C24H34O4.C17H22N2O/c1-14-12-18-19(22(4)9-6-17(27)13-21(14)22)7-10-23(5)20(18)8-11-24(23,15(2)25)28-16(3)26;1-17(20-14-13-19(2)3,15-9-5-4-6-10-15)16-11-7-8-12-18-16/h13-14,18-20H,6-12H2,1-5H3;4-12H,13-14H2,1-3H3/t14-,18+,19-,20-,22+,23-,24-;/m0./s1. The summed E-state index contributed by atoms with van der Waals surface area (Å²) in [7, 11) is 4.09. The Labute approximate surface area is 287 Å². The van der Waals surface area contributed by atoms with Crippen LogP contribution in [-0.2, 0) is 29.5 Å². The highest BCUT2D eigenvalue weighted by atomic mass is 16.6. The Morgan fingerprint density at radius 1 is 0.979 bits per heavy atom. The Hall–Kier alpha value is -3.16. The molecule has 1 heterocycles. The third kappa shape index (κ3) is 6.45. The van der Waals surface area contributed by atoms with E-state index in [0.717, 1.165) is 49.9 Å². The van der Waals surface area contributed by atoms with Crippen LogP contribution in [0.15, 0.2) is 66.4 Å². The van der Waals surface area contributed by atoms with Gasteiger partial charge in [0.25, 0.3) is 0 Å². The van der Waals surface area contributed by atoms with Crippen molar-refractivity contribution in [3.63, 3.8) is 0 Å². The van der Waals surface area contributed by atoms with Gasteiger partial charge >= 0.3 is 5.97 Å². The zero-order valence-corrected chi connectivity index (χ0v) is 30.4. The van der Waals surface area contributed by atoms with Crippen LogP contribution in [0.4, 0.5) is 0 Å². The largest absolute Gasteiger partial charge is 0.451 e. The molecule has 0 bridgehead atoms. The molecule has 0 saturated heterocycles. The first-order chi connectivity index (χ1) is 22.7. The molecule has 1 unspecified atom stereocenters. The number of esters is 1. The van der Waals surface area contributed by atoms with Crippen LogP contribution >= 0.6 is 0 Å². The van der Waals surface area contributed by atoms with Crippen molar-refractivity contribution in [3.8, 4) is 0 Å². The van der Waals surface area contributed by atoms with Gasteiger partial charge in [-0.2, -0.15) is 0 Å². The predicted molar refractivity (Wildman–Crippen MR) is 188 cm³/mol. The van der Waals surface area contributed by atoms with Gasteiger partial charge in [0.15, 0.2) is 17.2 Å². The number of likely N-dealkylation sites (N-methyl/N-ethyl adjacent to an activating group) is 1. The fourth-order valence-electron chi connectivity index (χ4n) is 10.2. The van der Waals surface area contributed by atoms with Crippen LogP contribution < -0.4 is 0 Å². The van der Waals surface area contributed by atoms with Gasteiger partial charge in [0.1, 0.15) is 5.60 Å². The molecule has 8 atom stereocenters. The lowest BCUT2D eigenvalue weighted by atomic mass is 9.44. The number of ketones is 2. The van der Waals surface area contributed by atoms with E-state index in [9.17, 15) is 14.4 Å². The Bertz CT molecular complexity index is 1470. The van der Waals surface area contributed by atoms with Crippen molar-refractivity contribution in [2.75, 3.05) is 27.2 Å². The van der Waals surface area contributed by atoms with E-state index in [0.29, 0.717) is 43.1 Å². The Morgan fingerprint density at radius 2 is 1.67 bits per heavy atom. The molecule has 0 spiro atoms. The number of aromatic nitrogens is 1. The van der Waals surface area contributed by atoms with Crippen molar-refractivity contribution in [3.05, 3.63) is 77.6 Å². The highest BCUT2D eigenvalue weighted by Gasteiger charge is 2.68. The lowest BCUT2D eigenvalue weighted by Gasteiger charge is -2.60. The molecule has 4 aliphatic carbocycles. The van der Waals surface area contributed by atoms with Gasteiger partial charge in [-0.1, -0.05) is 62.7 Å². The molecule has 7 heteroatoms. The number of rotatable bonds is 8. The van der Waals surface area contributed by atoms with E-state index < -0.39 is 11.2 Å². The van der Waals surface area contributed by atoms with Crippen LogP contribution in [0.25, 0.3) is 0 Å². The van der Waals surface area contributed by atoms with Crippen molar-refractivity contribution in [2.24, 2.45) is 34.5 Å². The summed E-state index contributed by atoms with van der Waals surface area (Å²) in [5, 5.41) is 0. The number of pyridine rings is 1. The maximum Gasteiger partial charge on any atom is 0.303 e. The first kappa shape index (κ1) is 36.1. The molecule has 0 radical (unpaired) electrons. The maximum atomic E-state index is 12.8. The van der Waals surface area contributed by atoms with Gasteiger partial charge in [-0.15, -0.1) is 0 Å². The molecule has 4 aliphatic rings. The van der Waals surface area contributed by atoms with Gasteiger partial charge in [-0.05, 0) is 119 Å². The smallest absolute Gasteiger partial charge is 0.303 e. The van der Waals surface area contributed by atoms with Gasteiger partial charge in [-0.3, -0.25) is 19.4 Å². The number of carbonyl (C=O) groups excluding carboxylic acids is 3. The molecule has 1 aromatic carbocycles. The Balaban J connectivity index is 0.000000199. The zero-order valence-electron chi connectivity index (χ0n) is 30.4. The van der Waals surface area contributed by atoms with E-state index in [1.165, 1.54) is 12.5 Å². The molecule has 1 aromatic heterocycles. The van der Waals surface area contributed by atoms with Crippen molar-refractivity contribution < 1.29 is 23.9 Å². The Morgan fingerprint density at radius 3 is 2.29 bits per heavy atom. The van der Waals surface area contributed by atoms with E-state index in [2.05, 4.69) is 49.7 Å². The maximum absolute atomic E-state index is 12.8. The number of hydrogen-bond donors (Lipinski definition) is 0. The summed E-state index contributed by atoms with van der Waals surface area (Å²) in [5.41, 5.74) is 1.76. The van der Waals surface area contributed by atoms with Crippen molar-refractivity contribution >= 4 is 17.5 Å². The highest BCUT2D eigenvalue weighted by molar-refractivity contribution is 5.92. The summed E-state index contributed by atoms with van der Waals surface area (Å²) in [5.74, 6) is 1.82. The van der Waals surface area contributed by atoms with E-state index in [1.54, 1.807) is 6.92 Å². The molecule has 260 valence electrons. The number of allylic oxidation sites excluding steroid dienone is 1. The number of nitrogens with zero attached hydrogens (tertiary/aromatic N) is 2. The summed E-state index contributed by atoms with van der Waals surface area (Å²) in [6.07, 6.45) is 10.0. The van der Waals surface area contributed by atoms with Crippen LogP contribution in [0.2, 0.25) is 0 Å². The van der Waals surface area contributed by atoms with Crippen molar-refractivity contribution in [1.82, 2.24) is 9.88 Å². The number of Topliss-reactive ketones (excluding diaryl/α,β-unsaturated/α-hetero) is 1. The third-order valence-electron chi connectivity index (χ3n) is 12.7. The molecule has 0 N–H and O–H groups in total. The molecule has 0 aliphatic heterocycles. The second kappa shape index (κ2) is 14.0. The number of benzene rings is 1. The van der Waals surface area contributed by atoms with Gasteiger partial charge in [0.05, 0.1) is 12.3 Å². The molecule has 0 amide bonds. The Kier molecular flexibility index (Phi) is 10.5. The van der Waals surface area contributed by atoms with E-state index >= 15 is 0 Å². The average molecular weight is 657 g/mol. The summed E-state index contributed by atoms with van der Waals surface area (Å²) < 4.78 is 12.0. The molecule has 48 heavy (non-hydrogen) atoms. The minimum absolute atomic E-state index is 0.00469. The van der Waals surface area contributed by atoms with Crippen LogP contribution in [0.3, 0.4) is 0 Å². The normalized spacial score (nSPS) is 33.6. The molecule has 6 rings (SSSR count). The first-order valence-electron chi connectivity index (χ1n) is 17.9. The summed E-state index contributed by atoms with van der Waals surface area (Å²) in [6, 6.07) is 16.2. The molecule has 2 aromatic rings. The lowest BCUT2D eigenvalue weighted by Crippen LogP contribution is -2.59. The second-order valence-corrected chi connectivity index (χ2v) is 15.7. The molecule has 7 nitrogen and oxygen atoms in total. The fraction of sp³-hybridized carbons (Fsp3) is 0.610. The first-order valence-corrected chi connectivity index (χ1v) is 17.9. The number of ether oxygens (including phenoxy) is 2. The van der Waals surface area contributed by atoms with Crippen molar-refractivity contribution in [1.29, 1.82) is 0 Å². The summed E-state index contributed by atoms with van der Waals surface area (Å²) in [6.45, 7) is 13.5. The molecular formula is C41H56N2O5. The monoisotopic (exact) mass is 656 g/mol. The van der Waals surface area contributed by atoms with E-state index in [1.807, 2.05) is 62.8 Å². The van der Waals surface area contributed by atoms with Gasteiger partial charge in [0, 0.05) is 31.5 Å². The third-order valence-corrected chi connectivity index (χ3v) is 12.7. The number of carbonyl (C=O) groups is 3. The van der Waals surface area contributed by atoms with Crippen molar-refractivity contribution in [2.45, 2.75) is 97.7 Å². The van der Waals surface area contributed by atoms with Gasteiger partial charge < -0.3 is 14.4 Å². The molecule has 3 fully saturated rings. The number of hydrogen-bond acceptors (Lipinski definition) is 7. The summed E-state index contributed by atoms with van der Waals surface area (Å²) in [4.78, 5) is 43.4. The van der Waals surface area contributed by atoms with E-state index in [-0.39, 0.29) is 28.4 Å². The second-order valence-electron chi connectivity index (χ2n) is 15.7. The zero-order chi connectivity index (χ0) is 34.9. The van der Waals surface area contributed by atoms with Gasteiger partial charge in [0.2, 0.25) is 0 Å². The van der Waals surface area contributed by atoms with Crippen LogP contribution in [0.1, 0.15) is 97.7 Å². The predicted octanol–water partition coefficient (Wildman–Crippen LogP) is 7.58. The summed E-state index contributed by atoms with van der Waals surface area (Å²) >= 11 is 0. The SMILES string of the molecule is CC(=O)O[C@]1(C(C)=O)CC[C@H]2[C@@H]3C[C@H](C)C4=CC(=O)CC[C@]4(C)[C@H]3CC[C@@]21C.CN(C)CCOC(C)(c1ccccc1)c1ccccn1. The average Bonchev–Trinajstić information content (AvgIpc) is 3.35. The quantitative estimate of drug-likeness (QED) is 0.271. The number of fused-ring (bicyclic) bond motifs is 5. The topological polar surface area (TPSA) is 85.8 Å². The minimum Gasteiger partial charge on any atom is -0.451 e. The molecular weight excluding hydrogens is 600 g/mol. The molecule has 3 saturated carbocycles. The highest BCUT2D eigenvalue weighted by Crippen LogP contribution is 2.69. The fourth-order valence-corrected chi connectivity index (χ4v) is 10.2. The van der Waals surface area contributed by atoms with Gasteiger partial charge in [-0.25, -0.2) is 0 Å². The van der Waals surface area contributed by atoms with Crippen LogP contribution in [0.5, 0.6) is 0 Å². The lowest BCUT2D eigenvalue weighted by molar-refractivity contribution is -0.187. The minimum atomic E-state index is -0.961.